The van der Waals surface area contributed by atoms with Crippen LogP contribution in [0.5, 0.6) is 11.6 Å². The molecule has 0 radical (unpaired) electrons. The molecule has 3 heterocycles. The van der Waals surface area contributed by atoms with Crippen LogP contribution in [0.2, 0.25) is 0 Å². The highest BCUT2D eigenvalue weighted by molar-refractivity contribution is 7.89. The molecule has 9 nitrogen and oxygen atoms in total. The van der Waals surface area contributed by atoms with Crippen molar-refractivity contribution < 1.29 is 41.0 Å². The summed E-state index contributed by atoms with van der Waals surface area (Å²) in [5.74, 6) is -1.71. The maximum Gasteiger partial charge on any atom is 0.490 e. The number of ether oxygens (including phenoxy) is 2. The minimum absolute atomic E-state index is 0.233. The fourth-order valence-corrected chi connectivity index (χ4v) is 5.27. The average Bonchev–Trinajstić information content (AvgIpc) is 3.12. The number of pyridine rings is 1. The lowest BCUT2D eigenvalue weighted by Crippen LogP contribution is -2.47. The van der Waals surface area contributed by atoms with Crippen LogP contribution in [0.1, 0.15) is 12.0 Å². The van der Waals surface area contributed by atoms with Crippen LogP contribution < -0.4 is 9.47 Å². The van der Waals surface area contributed by atoms with E-state index in [1.165, 1.54) is 4.31 Å². The number of carboxylic acids is 1. The second kappa shape index (κ2) is 9.76. The normalized spacial score (nSPS) is 22.1. The SMILES string of the molecule is COc1ncccc1CN1CCC2(C1)CN(C)S(=O)(=O)c1ccccc1O2.O=C(O)C(F)(F)F. The summed E-state index contributed by atoms with van der Waals surface area (Å²) in [6.45, 7) is 2.46. The Kier molecular flexibility index (Phi) is 7.38. The molecule has 1 saturated heterocycles. The summed E-state index contributed by atoms with van der Waals surface area (Å²) < 4.78 is 70.5. The number of aliphatic carboxylic acids is 1. The van der Waals surface area contributed by atoms with Gasteiger partial charge in [-0.2, -0.15) is 17.5 Å². The maximum atomic E-state index is 12.8. The summed E-state index contributed by atoms with van der Waals surface area (Å²) in [6.07, 6.45) is -2.62. The number of sulfonamides is 1. The van der Waals surface area contributed by atoms with Gasteiger partial charge in [-0.25, -0.2) is 18.2 Å². The van der Waals surface area contributed by atoms with E-state index in [0.717, 1.165) is 18.5 Å². The summed E-state index contributed by atoms with van der Waals surface area (Å²) in [5.41, 5.74) is 0.441. The highest BCUT2D eigenvalue weighted by atomic mass is 32.2. The number of hydrogen-bond donors (Lipinski definition) is 1. The molecule has 1 unspecified atom stereocenters. The molecular formula is C21H24F3N3O6S. The Labute approximate surface area is 194 Å². The van der Waals surface area contributed by atoms with E-state index in [9.17, 15) is 21.6 Å². The standard InChI is InChI=1S/C19H23N3O4S.C2HF3O2/c1-21-13-19(26-16-7-3-4-8-17(16)27(21,23)24)9-11-22(14-19)12-15-6-5-10-20-18(15)25-2;3-2(4,5)1(6)7/h3-8,10H,9,11-14H2,1-2H3;(H,6,7). The second-order valence-corrected chi connectivity index (χ2v) is 9.94. The molecule has 4 rings (SSSR count). The van der Waals surface area contributed by atoms with Crippen LogP contribution >= 0.6 is 0 Å². The minimum atomic E-state index is -5.08. The fraction of sp³-hybridized carbons (Fsp3) is 0.429. The summed E-state index contributed by atoms with van der Waals surface area (Å²) in [6, 6.07) is 10.8. The predicted molar refractivity (Wildman–Crippen MR) is 114 cm³/mol. The van der Waals surface area contributed by atoms with Gasteiger partial charge in [-0.05, 0) is 18.2 Å². The first-order valence-electron chi connectivity index (χ1n) is 10.1. The molecule has 2 aliphatic heterocycles. The number of alkyl halides is 3. The third-order valence-electron chi connectivity index (χ3n) is 5.45. The number of carboxylic acid groups (broad SMARTS) is 1. The Morgan fingerprint density at radius 2 is 1.91 bits per heavy atom. The van der Waals surface area contributed by atoms with Crippen molar-refractivity contribution in [2.24, 2.45) is 0 Å². The number of fused-ring (bicyclic) bond motifs is 1. The van der Waals surface area contributed by atoms with Gasteiger partial charge < -0.3 is 14.6 Å². The van der Waals surface area contributed by atoms with Crippen molar-refractivity contribution in [1.29, 1.82) is 0 Å². The first-order chi connectivity index (χ1) is 15.9. The van der Waals surface area contributed by atoms with Crippen LogP contribution in [0.15, 0.2) is 47.5 Å². The molecule has 1 aromatic heterocycles. The smallest absolute Gasteiger partial charge is 0.483 e. The predicted octanol–water partition coefficient (Wildman–Crippen LogP) is 2.38. The largest absolute Gasteiger partial charge is 0.490 e. The van der Waals surface area contributed by atoms with Crippen molar-refractivity contribution in [2.45, 2.75) is 29.6 Å². The molecule has 0 saturated carbocycles. The number of benzene rings is 1. The van der Waals surface area contributed by atoms with Crippen molar-refractivity contribution >= 4 is 16.0 Å². The Balaban J connectivity index is 0.000000406. The van der Waals surface area contributed by atoms with Crippen LogP contribution in [0.4, 0.5) is 13.2 Å². The highest BCUT2D eigenvalue weighted by Crippen LogP contribution is 2.38. The Hall–Kier alpha value is -2.90. The van der Waals surface area contributed by atoms with Gasteiger partial charge in [0, 0.05) is 44.9 Å². The van der Waals surface area contributed by atoms with Crippen LogP contribution in [0, 0.1) is 0 Å². The number of para-hydroxylation sites is 1. The number of carbonyl (C=O) groups is 1. The van der Waals surface area contributed by atoms with Gasteiger partial charge in [-0.15, -0.1) is 0 Å². The molecular weight excluding hydrogens is 479 g/mol. The topological polar surface area (TPSA) is 109 Å². The van der Waals surface area contributed by atoms with E-state index in [1.807, 2.05) is 12.1 Å². The third-order valence-corrected chi connectivity index (χ3v) is 7.29. The van der Waals surface area contributed by atoms with Crippen molar-refractivity contribution in [2.75, 3.05) is 33.8 Å². The molecule has 0 amide bonds. The number of halogens is 3. The third kappa shape index (κ3) is 5.59. The molecule has 0 aliphatic carbocycles. The lowest BCUT2D eigenvalue weighted by molar-refractivity contribution is -0.192. The number of methoxy groups -OCH3 is 1. The molecule has 1 atom stereocenters. The van der Waals surface area contributed by atoms with E-state index in [1.54, 1.807) is 44.6 Å². The summed E-state index contributed by atoms with van der Waals surface area (Å²) in [5, 5.41) is 7.12. The Morgan fingerprint density at radius 3 is 2.56 bits per heavy atom. The first kappa shape index (κ1) is 25.7. The van der Waals surface area contributed by atoms with E-state index in [-0.39, 0.29) is 4.90 Å². The van der Waals surface area contributed by atoms with Gasteiger partial charge in [0.1, 0.15) is 16.2 Å². The zero-order chi connectivity index (χ0) is 25.1. The molecule has 1 fully saturated rings. The minimum Gasteiger partial charge on any atom is -0.483 e. The summed E-state index contributed by atoms with van der Waals surface area (Å²) in [4.78, 5) is 15.6. The zero-order valence-corrected chi connectivity index (χ0v) is 19.3. The number of likely N-dealkylation sites (tertiary alicyclic amines) is 1. The molecule has 34 heavy (non-hydrogen) atoms. The van der Waals surface area contributed by atoms with E-state index in [2.05, 4.69) is 9.88 Å². The number of likely N-dealkylation sites (N-methyl/N-ethyl adjacent to an activating group) is 1. The van der Waals surface area contributed by atoms with Gasteiger partial charge in [0.05, 0.1) is 13.7 Å². The second-order valence-electron chi connectivity index (χ2n) is 7.93. The molecule has 2 aromatic rings. The molecule has 186 valence electrons. The van der Waals surface area contributed by atoms with E-state index >= 15 is 0 Å². The fourth-order valence-electron chi connectivity index (χ4n) is 3.92. The Morgan fingerprint density at radius 1 is 1.24 bits per heavy atom. The lowest BCUT2D eigenvalue weighted by Gasteiger charge is -2.30. The monoisotopic (exact) mass is 503 g/mol. The molecule has 0 bridgehead atoms. The van der Waals surface area contributed by atoms with Crippen molar-refractivity contribution in [3.63, 3.8) is 0 Å². The van der Waals surface area contributed by atoms with Gasteiger partial charge >= 0.3 is 12.1 Å². The van der Waals surface area contributed by atoms with Crippen molar-refractivity contribution in [3.8, 4) is 11.6 Å². The molecule has 1 spiro atoms. The number of hydrogen-bond acceptors (Lipinski definition) is 7. The molecule has 1 aromatic carbocycles. The van der Waals surface area contributed by atoms with Crippen molar-refractivity contribution in [3.05, 3.63) is 48.2 Å². The number of rotatable bonds is 3. The zero-order valence-electron chi connectivity index (χ0n) is 18.4. The van der Waals surface area contributed by atoms with Crippen LogP contribution in [0.3, 0.4) is 0 Å². The van der Waals surface area contributed by atoms with Gasteiger partial charge in [0.15, 0.2) is 0 Å². The summed E-state index contributed by atoms with van der Waals surface area (Å²) >= 11 is 0. The van der Waals surface area contributed by atoms with Crippen LogP contribution in [-0.4, -0.2) is 79.3 Å². The van der Waals surface area contributed by atoms with E-state index < -0.39 is 27.8 Å². The maximum absolute atomic E-state index is 12.8. The van der Waals surface area contributed by atoms with Crippen LogP contribution in [0.25, 0.3) is 0 Å². The van der Waals surface area contributed by atoms with E-state index in [4.69, 9.17) is 19.4 Å². The Bertz CT molecular complexity index is 1140. The van der Waals surface area contributed by atoms with E-state index in [0.29, 0.717) is 31.3 Å². The number of aromatic nitrogens is 1. The molecule has 1 N–H and O–H groups in total. The number of nitrogens with zero attached hydrogens (tertiary/aromatic N) is 3. The molecule has 13 heteroatoms. The van der Waals surface area contributed by atoms with Crippen LogP contribution in [-0.2, 0) is 21.4 Å². The summed E-state index contributed by atoms with van der Waals surface area (Å²) in [7, 11) is -0.314. The van der Waals surface area contributed by atoms with Gasteiger partial charge in [0.25, 0.3) is 0 Å². The first-order valence-corrected chi connectivity index (χ1v) is 11.6. The van der Waals surface area contributed by atoms with Crippen molar-refractivity contribution in [1.82, 2.24) is 14.2 Å². The lowest BCUT2D eigenvalue weighted by atomic mass is 10.0. The quantitative estimate of drug-likeness (QED) is 0.680. The highest BCUT2D eigenvalue weighted by Gasteiger charge is 2.46. The van der Waals surface area contributed by atoms with Gasteiger partial charge in [0.2, 0.25) is 15.9 Å². The average molecular weight is 503 g/mol. The van der Waals surface area contributed by atoms with Gasteiger partial charge in [-0.1, -0.05) is 18.2 Å². The molecule has 2 aliphatic rings. The van der Waals surface area contributed by atoms with Gasteiger partial charge in [-0.3, -0.25) is 4.90 Å².